The lowest BCUT2D eigenvalue weighted by Gasteiger charge is -2.11. The molecule has 1 aromatic rings. The second kappa shape index (κ2) is 3.93. The summed E-state index contributed by atoms with van der Waals surface area (Å²) in [6.45, 7) is 1.80. The zero-order chi connectivity index (χ0) is 11.8. The summed E-state index contributed by atoms with van der Waals surface area (Å²) in [6, 6.07) is 1.67. The van der Waals surface area contributed by atoms with Crippen LogP contribution in [0, 0.1) is 6.92 Å². The number of rotatable bonds is 4. The van der Waals surface area contributed by atoms with Crippen molar-refractivity contribution in [3.63, 3.8) is 0 Å². The van der Waals surface area contributed by atoms with Crippen LogP contribution < -0.4 is 9.46 Å². The molecular weight excluding hydrogens is 228 g/mol. The second-order valence-electron chi connectivity index (χ2n) is 4.01. The summed E-state index contributed by atoms with van der Waals surface area (Å²) in [5.74, 6) is 0.499. The number of aromatic nitrogens is 1. The van der Waals surface area contributed by atoms with E-state index in [1.807, 2.05) is 0 Å². The summed E-state index contributed by atoms with van der Waals surface area (Å²) in [4.78, 5) is 4.09. The van der Waals surface area contributed by atoms with E-state index in [9.17, 15) is 8.42 Å². The molecule has 1 aliphatic rings. The van der Waals surface area contributed by atoms with Gasteiger partial charge in [0.1, 0.15) is 0 Å². The minimum atomic E-state index is -3.29. The first-order chi connectivity index (χ1) is 7.44. The molecule has 16 heavy (non-hydrogen) atoms. The quantitative estimate of drug-likeness (QED) is 0.864. The molecule has 0 spiro atoms. The number of ether oxygens (including phenoxy) is 1. The molecule has 0 bridgehead atoms. The first-order valence-electron chi connectivity index (χ1n) is 5.05. The average molecular weight is 242 g/mol. The molecule has 1 aromatic heterocycles. The van der Waals surface area contributed by atoms with Gasteiger partial charge in [-0.1, -0.05) is 0 Å². The first-order valence-corrected chi connectivity index (χ1v) is 6.94. The van der Waals surface area contributed by atoms with E-state index in [0.717, 1.165) is 24.8 Å². The molecule has 2 rings (SSSR count). The van der Waals surface area contributed by atoms with Gasteiger partial charge >= 0.3 is 0 Å². The smallest absolute Gasteiger partial charge is 0.229 e. The highest BCUT2D eigenvalue weighted by molar-refractivity contribution is 7.92. The summed E-state index contributed by atoms with van der Waals surface area (Å²) >= 11 is 0. The Labute approximate surface area is 94.9 Å². The van der Waals surface area contributed by atoms with E-state index in [-0.39, 0.29) is 6.10 Å². The third-order valence-corrected chi connectivity index (χ3v) is 2.71. The van der Waals surface area contributed by atoms with E-state index in [4.69, 9.17) is 4.74 Å². The molecule has 1 fully saturated rings. The molecule has 0 aromatic carbocycles. The molecule has 1 saturated carbocycles. The molecule has 1 aliphatic carbocycles. The first kappa shape index (κ1) is 11.2. The molecule has 0 amide bonds. The van der Waals surface area contributed by atoms with E-state index in [0.29, 0.717) is 11.4 Å². The molecule has 0 unspecified atom stereocenters. The minimum absolute atomic E-state index is 0.213. The highest BCUT2D eigenvalue weighted by Gasteiger charge is 2.25. The number of nitrogens with one attached hydrogen (secondary N) is 1. The summed E-state index contributed by atoms with van der Waals surface area (Å²) < 4.78 is 30.4. The van der Waals surface area contributed by atoms with E-state index in [2.05, 4.69) is 9.71 Å². The Morgan fingerprint density at radius 3 is 2.75 bits per heavy atom. The van der Waals surface area contributed by atoms with Gasteiger partial charge in [0.2, 0.25) is 10.0 Å². The van der Waals surface area contributed by atoms with Gasteiger partial charge < -0.3 is 4.74 Å². The SMILES string of the molecule is Cc1cc(NS(C)(=O)=O)c(OC2CC2)cn1. The summed E-state index contributed by atoms with van der Waals surface area (Å²) in [7, 11) is -3.29. The van der Waals surface area contributed by atoms with Crippen molar-refractivity contribution in [2.75, 3.05) is 11.0 Å². The van der Waals surface area contributed by atoms with Crippen molar-refractivity contribution in [3.05, 3.63) is 18.0 Å². The lowest BCUT2D eigenvalue weighted by molar-refractivity contribution is 0.303. The predicted molar refractivity (Wildman–Crippen MR) is 61.1 cm³/mol. The van der Waals surface area contributed by atoms with Crippen LogP contribution in [-0.2, 0) is 10.0 Å². The monoisotopic (exact) mass is 242 g/mol. The molecule has 0 saturated heterocycles. The minimum Gasteiger partial charge on any atom is -0.487 e. The van der Waals surface area contributed by atoms with Crippen LogP contribution in [0.25, 0.3) is 0 Å². The van der Waals surface area contributed by atoms with Crippen molar-refractivity contribution in [1.29, 1.82) is 0 Å². The van der Waals surface area contributed by atoms with Gasteiger partial charge in [-0.15, -0.1) is 0 Å². The van der Waals surface area contributed by atoms with E-state index < -0.39 is 10.0 Å². The van der Waals surface area contributed by atoms with Crippen LogP contribution in [0.1, 0.15) is 18.5 Å². The lowest BCUT2D eigenvalue weighted by Crippen LogP contribution is -2.12. The highest BCUT2D eigenvalue weighted by Crippen LogP contribution is 2.32. The van der Waals surface area contributed by atoms with Gasteiger partial charge in [-0.05, 0) is 25.8 Å². The molecule has 6 heteroatoms. The van der Waals surface area contributed by atoms with Crippen LogP contribution in [0.5, 0.6) is 5.75 Å². The van der Waals surface area contributed by atoms with Crippen LogP contribution in [-0.4, -0.2) is 25.8 Å². The van der Waals surface area contributed by atoms with E-state index in [1.165, 1.54) is 0 Å². The predicted octanol–water partition coefficient (Wildman–Crippen LogP) is 1.30. The van der Waals surface area contributed by atoms with Crippen molar-refractivity contribution in [2.45, 2.75) is 25.9 Å². The molecule has 5 nitrogen and oxygen atoms in total. The number of hydrogen-bond donors (Lipinski definition) is 1. The van der Waals surface area contributed by atoms with Crippen LogP contribution in [0.2, 0.25) is 0 Å². The molecule has 1 N–H and O–H groups in total. The van der Waals surface area contributed by atoms with Crippen LogP contribution in [0.3, 0.4) is 0 Å². The summed E-state index contributed by atoms with van der Waals surface area (Å²) in [5.41, 5.74) is 1.20. The van der Waals surface area contributed by atoms with Crippen molar-refractivity contribution >= 4 is 15.7 Å². The fraction of sp³-hybridized carbons (Fsp3) is 0.500. The fourth-order valence-electron chi connectivity index (χ4n) is 1.29. The molecular formula is C10H14N2O3S. The maximum Gasteiger partial charge on any atom is 0.229 e. The van der Waals surface area contributed by atoms with Gasteiger partial charge in [0.15, 0.2) is 5.75 Å². The highest BCUT2D eigenvalue weighted by atomic mass is 32.2. The van der Waals surface area contributed by atoms with Crippen LogP contribution >= 0.6 is 0 Å². The van der Waals surface area contributed by atoms with Crippen molar-refractivity contribution in [3.8, 4) is 5.75 Å². The largest absolute Gasteiger partial charge is 0.487 e. The van der Waals surface area contributed by atoms with Gasteiger partial charge in [-0.2, -0.15) is 0 Å². The van der Waals surface area contributed by atoms with Crippen molar-refractivity contribution in [1.82, 2.24) is 4.98 Å². The molecule has 1 heterocycles. The Bertz CT molecular complexity index is 495. The zero-order valence-electron chi connectivity index (χ0n) is 9.23. The number of aryl methyl sites for hydroxylation is 1. The standard InChI is InChI=1S/C10H14N2O3S/c1-7-5-9(12-16(2,13)14)10(6-11-7)15-8-3-4-8/h5-6,8H,3-4H2,1-2H3,(H,11,12). The number of sulfonamides is 1. The number of anilines is 1. The van der Waals surface area contributed by atoms with Crippen molar-refractivity contribution < 1.29 is 13.2 Å². The van der Waals surface area contributed by atoms with Gasteiger partial charge in [-0.3, -0.25) is 9.71 Å². The molecule has 0 aliphatic heterocycles. The molecule has 88 valence electrons. The summed E-state index contributed by atoms with van der Waals surface area (Å²) in [6.07, 6.45) is 4.92. The fourth-order valence-corrected chi connectivity index (χ4v) is 1.85. The average Bonchev–Trinajstić information content (AvgIpc) is 2.91. The maximum atomic E-state index is 11.2. The van der Waals surface area contributed by atoms with Gasteiger partial charge in [-0.25, -0.2) is 8.42 Å². The maximum absolute atomic E-state index is 11.2. The molecule has 0 atom stereocenters. The third-order valence-electron chi connectivity index (χ3n) is 2.12. The number of hydrogen-bond acceptors (Lipinski definition) is 4. The summed E-state index contributed by atoms with van der Waals surface area (Å²) in [5, 5.41) is 0. The zero-order valence-corrected chi connectivity index (χ0v) is 10.0. The van der Waals surface area contributed by atoms with Gasteiger partial charge in [0.25, 0.3) is 0 Å². The van der Waals surface area contributed by atoms with Gasteiger partial charge in [0.05, 0.1) is 24.2 Å². The van der Waals surface area contributed by atoms with E-state index >= 15 is 0 Å². The number of pyridine rings is 1. The van der Waals surface area contributed by atoms with Crippen LogP contribution in [0.4, 0.5) is 5.69 Å². The number of nitrogens with zero attached hydrogens (tertiary/aromatic N) is 1. The Morgan fingerprint density at radius 1 is 1.50 bits per heavy atom. The normalized spacial score (nSPS) is 15.9. The lowest BCUT2D eigenvalue weighted by atomic mass is 10.3. The van der Waals surface area contributed by atoms with Gasteiger partial charge in [0, 0.05) is 5.69 Å². The Hall–Kier alpha value is -1.30. The Balaban J connectivity index is 2.27. The topological polar surface area (TPSA) is 68.3 Å². The second-order valence-corrected chi connectivity index (χ2v) is 5.76. The molecule has 0 radical (unpaired) electrons. The Morgan fingerprint density at radius 2 is 2.19 bits per heavy atom. The van der Waals surface area contributed by atoms with Crippen LogP contribution in [0.15, 0.2) is 12.3 Å². The van der Waals surface area contributed by atoms with E-state index in [1.54, 1.807) is 19.2 Å². The van der Waals surface area contributed by atoms with Crippen molar-refractivity contribution in [2.24, 2.45) is 0 Å². The Kier molecular flexibility index (Phi) is 2.75. The third kappa shape index (κ3) is 3.10.